The third-order valence-corrected chi connectivity index (χ3v) is 3.13. The molecule has 1 unspecified atom stereocenters. The monoisotopic (exact) mass is 303 g/mol. The van der Waals surface area contributed by atoms with E-state index < -0.39 is 29.3 Å². The van der Waals surface area contributed by atoms with Crippen molar-refractivity contribution in [2.24, 2.45) is 0 Å². The van der Waals surface area contributed by atoms with E-state index in [0.717, 1.165) is 0 Å². The molecule has 1 nitrogen and oxygen atoms in total. The lowest BCUT2D eigenvalue weighted by atomic mass is 10.1. The van der Waals surface area contributed by atoms with Crippen LogP contribution in [0, 0.1) is 23.3 Å². The number of hydrogen-bond acceptors (Lipinski definition) is 1. The molecule has 0 saturated heterocycles. The summed E-state index contributed by atoms with van der Waals surface area (Å²) >= 11 is 5.56. The summed E-state index contributed by atoms with van der Waals surface area (Å²) in [6.45, 7) is 1.63. The summed E-state index contributed by atoms with van der Waals surface area (Å²) < 4.78 is 52.7. The first-order chi connectivity index (χ1) is 9.38. The molecule has 0 saturated carbocycles. The summed E-state index contributed by atoms with van der Waals surface area (Å²) in [6, 6.07) is 4.77. The zero-order valence-electron chi connectivity index (χ0n) is 10.4. The molecule has 106 valence electrons. The Bertz CT molecular complexity index is 645. The Morgan fingerprint density at radius 1 is 0.900 bits per heavy atom. The molecule has 2 aromatic carbocycles. The van der Waals surface area contributed by atoms with Gasteiger partial charge in [0.2, 0.25) is 0 Å². The Kier molecular flexibility index (Phi) is 4.18. The fourth-order valence-electron chi connectivity index (χ4n) is 1.73. The lowest BCUT2D eigenvalue weighted by Gasteiger charge is -2.16. The number of rotatable bonds is 3. The molecule has 1 atom stereocenters. The molecule has 2 rings (SSSR count). The van der Waals surface area contributed by atoms with Crippen LogP contribution in [0.5, 0.6) is 0 Å². The molecular weight excluding hydrogens is 294 g/mol. The first-order valence-corrected chi connectivity index (χ1v) is 6.12. The predicted molar refractivity (Wildman–Crippen MR) is 69.8 cm³/mol. The maximum Gasteiger partial charge on any atom is 0.161 e. The van der Waals surface area contributed by atoms with Gasteiger partial charge in [0, 0.05) is 18.2 Å². The Morgan fingerprint density at radius 2 is 1.55 bits per heavy atom. The molecule has 0 aromatic heterocycles. The van der Waals surface area contributed by atoms with Crippen molar-refractivity contribution in [2.45, 2.75) is 13.0 Å². The van der Waals surface area contributed by atoms with Crippen molar-refractivity contribution >= 4 is 17.3 Å². The molecule has 0 amide bonds. The van der Waals surface area contributed by atoms with Gasteiger partial charge in [0.1, 0.15) is 11.6 Å². The highest BCUT2D eigenvalue weighted by Gasteiger charge is 2.14. The van der Waals surface area contributed by atoms with Crippen LogP contribution in [0.15, 0.2) is 30.3 Å². The smallest absolute Gasteiger partial charge is 0.161 e. The molecule has 0 heterocycles. The minimum absolute atomic E-state index is 0.0278. The van der Waals surface area contributed by atoms with Gasteiger partial charge in [-0.2, -0.15) is 0 Å². The Morgan fingerprint density at radius 3 is 2.20 bits per heavy atom. The van der Waals surface area contributed by atoms with Crippen LogP contribution in [-0.2, 0) is 0 Å². The van der Waals surface area contributed by atoms with Crippen molar-refractivity contribution in [3.8, 4) is 0 Å². The van der Waals surface area contributed by atoms with Crippen molar-refractivity contribution in [3.63, 3.8) is 0 Å². The van der Waals surface area contributed by atoms with E-state index in [-0.39, 0.29) is 10.7 Å². The van der Waals surface area contributed by atoms with Crippen LogP contribution < -0.4 is 5.32 Å². The fourth-order valence-corrected chi connectivity index (χ4v) is 1.85. The summed E-state index contributed by atoms with van der Waals surface area (Å²) in [5.41, 5.74) is 0.294. The van der Waals surface area contributed by atoms with Crippen molar-refractivity contribution in [2.75, 3.05) is 5.32 Å². The third kappa shape index (κ3) is 3.04. The molecule has 6 heteroatoms. The van der Waals surface area contributed by atoms with E-state index in [1.165, 1.54) is 12.1 Å². The second-order valence-corrected chi connectivity index (χ2v) is 4.69. The molecule has 0 aliphatic carbocycles. The van der Waals surface area contributed by atoms with Gasteiger partial charge < -0.3 is 5.32 Å². The SMILES string of the molecule is CC(Nc1cc(F)c(F)cc1F)c1ccc(Cl)c(F)c1. The number of hydrogen-bond donors (Lipinski definition) is 1. The van der Waals surface area contributed by atoms with Crippen LogP contribution in [0.3, 0.4) is 0 Å². The number of nitrogens with one attached hydrogen (secondary N) is 1. The molecule has 20 heavy (non-hydrogen) atoms. The maximum atomic E-state index is 13.5. The Hall–Kier alpha value is -1.75. The van der Waals surface area contributed by atoms with E-state index in [2.05, 4.69) is 5.32 Å². The van der Waals surface area contributed by atoms with Gasteiger partial charge in [-0.1, -0.05) is 17.7 Å². The summed E-state index contributed by atoms with van der Waals surface area (Å²) in [5.74, 6) is -3.96. The molecule has 1 N–H and O–H groups in total. The number of benzene rings is 2. The van der Waals surface area contributed by atoms with E-state index >= 15 is 0 Å². The molecular formula is C14H10ClF4N. The highest BCUT2D eigenvalue weighted by atomic mass is 35.5. The van der Waals surface area contributed by atoms with Crippen LogP contribution in [0.2, 0.25) is 5.02 Å². The van der Waals surface area contributed by atoms with Crippen molar-refractivity contribution < 1.29 is 17.6 Å². The maximum absolute atomic E-state index is 13.5. The Labute approximate surface area is 118 Å². The van der Waals surface area contributed by atoms with E-state index in [4.69, 9.17) is 11.6 Å². The van der Waals surface area contributed by atoms with Crippen LogP contribution in [-0.4, -0.2) is 0 Å². The third-order valence-electron chi connectivity index (χ3n) is 2.83. The zero-order valence-corrected chi connectivity index (χ0v) is 11.1. The summed E-state index contributed by atoms with van der Waals surface area (Å²) in [4.78, 5) is 0. The van der Waals surface area contributed by atoms with Gasteiger partial charge >= 0.3 is 0 Å². The summed E-state index contributed by atoms with van der Waals surface area (Å²) in [5, 5.41) is 2.62. The van der Waals surface area contributed by atoms with Crippen molar-refractivity contribution in [3.05, 3.63) is 64.2 Å². The van der Waals surface area contributed by atoms with E-state index in [1.54, 1.807) is 13.0 Å². The lowest BCUT2D eigenvalue weighted by Crippen LogP contribution is -2.09. The van der Waals surface area contributed by atoms with Crippen molar-refractivity contribution in [1.29, 1.82) is 0 Å². The number of anilines is 1. The topological polar surface area (TPSA) is 12.0 Å². The van der Waals surface area contributed by atoms with Gasteiger partial charge in [-0.05, 0) is 24.6 Å². The van der Waals surface area contributed by atoms with E-state index in [9.17, 15) is 17.6 Å². The van der Waals surface area contributed by atoms with Crippen LogP contribution in [0.1, 0.15) is 18.5 Å². The second-order valence-electron chi connectivity index (χ2n) is 4.29. The van der Waals surface area contributed by atoms with Gasteiger partial charge in [0.25, 0.3) is 0 Å². The van der Waals surface area contributed by atoms with E-state index in [0.29, 0.717) is 17.7 Å². The van der Waals surface area contributed by atoms with Crippen LogP contribution in [0.25, 0.3) is 0 Å². The minimum Gasteiger partial charge on any atom is -0.376 e. The van der Waals surface area contributed by atoms with Crippen LogP contribution in [0.4, 0.5) is 23.2 Å². The lowest BCUT2D eigenvalue weighted by molar-refractivity contribution is 0.495. The van der Waals surface area contributed by atoms with Gasteiger partial charge in [-0.25, -0.2) is 17.6 Å². The molecule has 0 radical (unpaired) electrons. The van der Waals surface area contributed by atoms with Gasteiger partial charge in [-0.15, -0.1) is 0 Å². The molecule has 0 fully saturated rings. The fraction of sp³-hybridized carbons (Fsp3) is 0.143. The van der Waals surface area contributed by atoms with Gasteiger partial charge in [0.15, 0.2) is 11.6 Å². The molecule has 2 aromatic rings. The highest BCUT2D eigenvalue weighted by Crippen LogP contribution is 2.25. The standard InChI is InChI=1S/C14H10ClF4N/c1-7(8-2-3-9(15)10(16)4-8)20-14-6-12(18)11(17)5-13(14)19/h2-7,20H,1H3. The minimum atomic E-state index is -1.27. The van der Waals surface area contributed by atoms with Gasteiger partial charge in [-0.3, -0.25) is 0 Å². The van der Waals surface area contributed by atoms with E-state index in [1.807, 2.05) is 0 Å². The first-order valence-electron chi connectivity index (χ1n) is 5.74. The molecule has 0 bridgehead atoms. The normalized spacial score (nSPS) is 12.3. The first kappa shape index (κ1) is 14.7. The average molecular weight is 304 g/mol. The quantitative estimate of drug-likeness (QED) is 0.616. The average Bonchev–Trinajstić information content (AvgIpc) is 2.39. The molecule has 0 spiro atoms. The molecule has 0 aliphatic heterocycles. The largest absolute Gasteiger partial charge is 0.376 e. The molecule has 0 aliphatic rings. The van der Waals surface area contributed by atoms with Crippen LogP contribution >= 0.6 is 11.6 Å². The highest BCUT2D eigenvalue weighted by molar-refractivity contribution is 6.30. The number of halogens is 5. The van der Waals surface area contributed by atoms with Gasteiger partial charge in [0.05, 0.1) is 10.7 Å². The predicted octanol–water partition coefficient (Wildman–Crippen LogP) is 5.07. The summed E-state index contributed by atoms with van der Waals surface area (Å²) in [7, 11) is 0. The van der Waals surface area contributed by atoms with Crippen molar-refractivity contribution in [1.82, 2.24) is 0 Å². The summed E-state index contributed by atoms with van der Waals surface area (Å²) in [6.07, 6.45) is 0. The Balaban J connectivity index is 2.25. The zero-order chi connectivity index (χ0) is 14.9. The second kappa shape index (κ2) is 5.71.